The van der Waals surface area contributed by atoms with E-state index in [-0.39, 0.29) is 5.54 Å². The zero-order valence-corrected chi connectivity index (χ0v) is 13.8. The molecule has 1 unspecified atom stereocenters. The van der Waals surface area contributed by atoms with Crippen LogP contribution in [0.4, 0.5) is 0 Å². The summed E-state index contributed by atoms with van der Waals surface area (Å²) in [4.78, 5) is 6.98. The number of aliphatic imine (C=N–C) groups is 1. The summed E-state index contributed by atoms with van der Waals surface area (Å²) in [6, 6.07) is 0.537. The molecule has 2 rings (SSSR count). The van der Waals surface area contributed by atoms with E-state index in [1.54, 1.807) is 0 Å². The first-order valence-electron chi connectivity index (χ1n) is 7.94. The average Bonchev–Trinajstić information content (AvgIpc) is 2.77. The Labute approximate surface area is 128 Å². The van der Waals surface area contributed by atoms with Crippen LogP contribution in [0, 0.1) is 0 Å². The zero-order chi connectivity index (χ0) is 14.4. The van der Waals surface area contributed by atoms with Gasteiger partial charge in [0, 0.05) is 17.3 Å². The monoisotopic (exact) mass is 298 g/mol. The third-order valence-electron chi connectivity index (χ3n) is 4.78. The van der Waals surface area contributed by atoms with Gasteiger partial charge in [-0.15, -0.1) is 0 Å². The van der Waals surface area contributed by atoms with Crippen molar-refractivity contribution in [2.24, 2.45) is 10.7 Å². The van der Waals surface area contributed by atoms with Crippen molar-refractivity contribution in [1.29, 1.82) is 0 Å². The summed E-state index contributed by atoms with van der Waals surface area (Å²) in [6.07, 6.45) is 9.08. The first kappa shape index (κ1) is 16.0. The molecule has 4 nitrogen and oxygen atoms in total. The van der Waals surface area contributed by atoms with Gasteiger partial charge in [-0.1, -0.05) is 25.7 Å². The van der Waals surface area contributed by atoms with Gasteiger partial charge in [0.15, 0.2) is 5.96 Å². The summed E-state index contributed by atoms with van der Waals surface area (Å²) in [7, 11) is 4.33. The highest BCUT2D eigenvalue weighted by molar-refractivity contribution is 7.99. The Morgan fingerprint density at radius 3 is 2.55 bits per heavy atom. The lowest BCUT2D eigenvalue weighted by Gasteiger charge is -2.34. The number of likely N-dealkylation sites (N-methyl/N-ethyl adjacent to an activating group) is 1. The van der Waals surface area contributed by atoms with Crippen LogP contribution in [0.3, 0.4) is 0 Å². The zero-order valence-electron chi connectivity index (χ0n) is 13.0. The van der Waals surface area contributed by atoms with Crippen LogP contribution in [-0.2, 0) is 0 Å². The fraction of sp³-hybridized carbons (Fsp3) is 0.933. The lowest BCUT2D eigenvalue weighted by Crippen LogP contribution is -2.48. The summed E-state index contributed by atoms with van der Waals surface area (Å²) in [5, 5.41) is 3.44. The first-order valence-corrected chi connectivity index (χ1v) is 9.09. The topological polar surface area (TPSA) is 53.6 Å². The Hall–Kier alpha value is -0.420. The van der Waals surface area contributed by atoms with Crippen molar-refractivity contribution in [2.45, 2.75) is 56.5 Å². The second-order valence-corrected chi connectivity index (χ2v) is 7.56. The molecule has 1 saturated heterocycles. The second kappa shape index (κ2) is 7.55. The molecule has 0 aromatic heterocycles. The average molecular weight is 298 g/mol. The smallest absolute Gasteiger partial charge is 0.188 e. The molecule has 0 amide bonds. The van der Waals surface area contributed by atoms with Gasteiger partial charge in [0.05, 0.1) is 6.54 Å². The molecule has 5 heteroatoms. The van der Waals surface area contributed by atoms with E-state index in [2.05, 4.69) is 29.3 Å². The first-order chi connectivity index (χ1) is 9.62. The highest BCUT2D eigenvalue weighted by Crippen LogP contribution is 2.32. The van der Waals surface area contributed by atoms with Crippen molar-refractivity contribution in [3.8, 4) is 0 Å². The van der Waals surface area contributed by atoms with E-state index in [1.165, 1.54) is 56.5 Å². The van der Waals surface area contributed by atoms with Crippen molar-refractivity contribution in [3.05, 3.63) is 0 Å². The van der Waals surface area contributed by atoms with Crippen molar-refractivity contribution in [1.82, 2.24) is 10.2 Å². The predicted molar refractivity (Wildman–Crippen MR) is 89.5 cm³/mol. The summed E-state index contributed by atoms with van der Waals surface area (Å²) >= 11 is 2.03. The maximum Gasteiger partial charge on any atom is 0.188 e. The SMILES string of the molecule is CN(C)C1(CN=C(N)NC2CCCCCC2)CCSC1. The summed E-state index contributed by atoms with van der Waals surface area (Å²) < 4.78 is 0. The maximum atomic E-state index is 6.11. The Bertz CT molecular complexity index is 316. The number of thioether (sulfide) groups is 1. The van der Waals surface area contributed by atoms with Gasteiger partial charge in [0.25, 0.3) is 0 Å². The van der Waals surface area contributed by atoms with Crippen LogP contribution < -0.4 is 11.1 Å². The van der Waals surface area contributed by atoms with Gasteiger partial charge < -0.3 is 16.0 Å². The highest BCUT2D eigenvalue weighted by atomic mass is 32.2. The van der Waals surface area contributed by atoms with Gasteiger partial charge in [-0.3, -0.25) is 4.99 Å². The summed E-state index contributed by atoms with van der Waals surface area (Å²) in [6.45, 7) is 0.818. The van der Waals surface area contributed by atoms with E-state index in [0.717, 1.165) is 6.54 Å². The molecule has 1 aliphatic carbocycles. The van der Waals surface area contributed by atoms with Crippen LogP contribution in [0.5, 0.6) is 0 Å². The quantitative estimate of drug-likeness (QED) is 0.474. The number of hydrogen-bond donors (Lipinski definition) is 2. The van der Waals surface area contributed by atoms with Crippen LogP contribution in [0.15, 0.2) is 4.99 Å². The van der Waals surface area contributed by atoms with Crippen LogP contribution in [-0.4, -0.2) is 54.6 Å². The fourth-order valence-electron chi connectivity index (χ4n) is 3.13. The molecule has 0 bridgehead atoms. The van der Waals surface area contributed by atoms with E-state index >= 15 is 0 Å². The summed E-state index contributed by atoms with van der Waals surface area (Å²) in [5.41, 5.74) is 6.32. The van der Waals surface area contributed by atoms with E-state index < -0.39 is 0 Å². The molecule has 2 aliphatic rings. The molecule has 3 N–H and O–H groups in total. The minimum atomic E-state index is 0.209. The number of nitrogens with one attached hydrogen (secondary N) is 1. The molecule has 0 radical (unpaired) electrons. The van der Waals surface area contributed by atoms with Crippen LogP contribution in [0.1, 0.15) is 44.9 Å². The minimum absolute atomic E-state index is 0.209. The van der Waals surface area contributed by atoms with Crippen LogP contribution in [0.25, 0.3) is 0 Å². The van der Waals surface area contributed by atoms with Gasteiger partial charge in [0.1, 0.15) is 0 Å². The lowest BCUT2D eigenvalue weighted by atomic mass is 9.98. The standard InChI is InChI=1S/C15H30N4S/c1-19(2)15(9-10-20-12-15)11-17-14(16)18-13-7-5-3-4-6-8-13/h13H,3-12H2,1-2H3,(H3,16,17,18). The molecule has 116 valence electrons. The third kappa shape index (κ3) is 4.29. The molecule has 1 saturated carbocycles. The Morgan fingerprint density at radius 1 is 1.30 bits per heavy atom. The molecule has 1 aliphatic heterocycles. The van der Waals surface area contributed by atoms with Gasteiger partial charge in [-0.2, -0.15) is 11.8 Å². The second-order valence-electron chi connectivity index (χ2n) is 6.46. The Morgan fingerprint density at radius 2 is 2.00 bits per heavy atom. The van der Waals surface area contributed by atoms with E-state index in [9.17, 15) is 0 Å². The molecular formula is C15H30N4S. The molecule has 0 aromatic rings. The van der Waals surface area contributed by atoms with Crippen molar-refractivity contribution in [3.63, 3.8) is 0 Å². The Balaban J connectivity index is 1.86. The van der Waals surface area contributed by atoms with Crippen molar-refractivity contribution >= 4 is 17.7 Å². The van der Waals surface area contributed by atoms with Crippen molar-refractivity contribution < 1.29 is 0 Å². The molecule has 2 fully saturated rings. The van der Waals surface area contributed by atoms with Gasteiger partial charge in [-0.05, 0) is 39.1 Å². The normalized spacial score (nSPS) is 29.6. The number of guanidine groups is 1. The largest absolute Gasteiger partial charge is 0.370 e. The number of hydrogen-bond acceptors (Lipinski definition) is 3. The third-order valence-corrected chi connectivity index (χ3v) is 6.02. The number of nitrogens with zero attached hydrogens (tertiary/aromatic N) is 2. The molecule has 1 heterocycles. The van der Waals surface area contributed by atoms with E-state index in [4.69, 9.17) is 5.73 Å². The highest BCUT2D eigenvalue weighted by Gasteiger charge is 2.36. The van der Waals surface area contributed by atoms with Crippen LogP contribution >= 0.6 is 11.8 Å². The molecule has 1 atom stereocenters. The fourth-order valence-corrected chi connectivity index (χ4v) is 4.67. The van der Waals surface area contributed by atoms with E-state index in [1.807, 2.05) is 11.8 Å². The number of rotatable bonds is 4. The van der Waals surface area contributed by atoms with Crippen molar-refractivity contribution in [2.75, 3.05) is 32.1 Å². The van der Waals surface area contributed by atoms with Gasteiger partial charge >= 0.3 is 0 Å². The van der Waals surface area contributed by atoms with Gasteiger partial charge in [-0.25, -0.2) is 0 Å². The molecule has 20 heavy (non-hydrogen) atoms. The lowest BCUT2D eigenvalue weighted by molar-refractivity contribution is 0.190. The van der Waals surface area contributed by atoms with E-state index in [0.29, 0.717) is 12.0 Å². The molecular weight excluding hydrogens is 268 g/mol. The Kier molecular flexibility index (Phi) is 6.02. The molecule has 0 spiro atoms. The maximum absolute atomic E-state index is 6.11. The van der Waals surface area contributed by atoms with Gasteiger partial charge in [0.2, 0.25) is 0 Å². The number of nitrogens with two attached hydrogens (primary N) is 1. The molecule has 0 aromatic carbocycles. The van der Waals surface area contributed by atoms with Crippen LogP contribution in [0.2, 0.25) is 0 Å². The summed E-state index contributed by atoms with van der Waals surface area (Å²) in [5.74, 6) is 3.05. The minimum Gasteiger partial charge on any atom is -0.370 e. The predicted octanol–water partition coefficient (Wildman–Crippen LogP) is 2.05.